The zero-order valence-electron chi connectivity index (χ0n) is 10.5. The first kappa shape index (κ1) is 13.7. The number of carbonyl (C=O) groups is 1. The minimum atomic E-state index is -1.10. The largest absolute Gasteiger partial charge is 0.482 e. The van der Waals surface area contributed by atoms with E-state index in [9.17, 15) is 9.18 Å². The minimum Gasteiger partial charge on any atom is -0.482 e. The van der Waals surface area contributed by atoms with Crippen molar-refractivity contribution in [1.82, 2.24) is 20.2 Å². The SMILES string of the molecule is Cn1nnc(COc2ccc(/C=C/C(=O)O)cc2F)n1. The summed E-state index contributed by atoms with van der Waals surface area (Å²) in [4.78, 5) is 11.6. The van der Waals surface area contributed by atoms with Crippen molar-refractivity contribution in [3.63, 3.8) is 0 Å². The molecule has 0 saturated heterocycles. The molecule has 20 heavy (non-hydrogen) atoms. The monoisotopic (exact) mass is 278 g/mol. The number of hydrogen-bond donors (Lipinski definition) is 1. The van der Waals surface area contributed by atoms with Crippen LogP contribution in [0.1, 0.15) is 11.4 Å². The summed E-state index contributed by atoms with van der Waals surface area (Å²) >= 11 is 0. The maximum absolute atomic E-state index is 13.7. The number of ether oxygens (including phenoxy) is 1. The van der Waals surface area contributed by atoms with Gasteiger partial charge in [0.05, 0.1) is 7.05 Å². The normalized spacial score (nSPS) is 10.9. The number of halogens is 1. The van der Waals surface area contributed by atoms with Crippen LogP contribution in [0.3, 0.4) is 0 Å². The molecule has 8 heteroatoms. The molecule has 0 saturated carbocycles. The Morgan fingerprint density at radius 2 is 2.35 bits per heavy atom. The van der Waals surface area contributed by atoms with Crippen LogP contribution in [0.2, 0.25) is 0 Å². The summed E-state index contributed by atoms with van der Waals surface area (Å²) in [7, 11) is 1.61. The van der Waals surface area contributed by atoms with E-state index < -0.39 is 11.8 Å². The highest BCUT2D eigenvalue weighted by Gasteiger charge is 2.07. The van der Waals surface area contributed by atoms with Gasteiger partial charge in [-0.25, -0.2) is 9.18 Å². The average Bonchev–Trinajstić information content (AvgIpc) is 2.81. The van der Waals surface area contributed by atoms with E-state index in [0.717, 1.165) is 6.08 Å². The standard InChI is InChI=1S/C12H11FN4O3/c1-17-15-11(14-16-17)7-20-10-4-2-8(6-9(10)13)3-5-12(18)19/h2-6H,7H2,1H3,(H,18,19)/b5-3+. The number of benzene rings is 1. The molecule has 104 valence electrons. The molecule has 7 nitrogen and oxygen atoms in total. The van der Waals surface area contributed by atoms with E-state index in [1.54, 1.807) is 13.1 Å². The van der Waals surface area contributed by atoms with Gasteiger partial charge >= 0.3 is 5.97 Å². The quantitative estimate of drug-likeness (QED) is 0.821. The molecule has 0 aliphatic rings. The van der Waals surface area contributed by atoms with Crippen molar-refractivity contribution >= 4 is 12.0 Å². The third-order valence-electron chi connectivity index (χ3n) is 2.28. The van der Waals surface area contributed by atoms with Crippen LogP contribution >= 0.6 is 0 Å². The Morgan fingerprint density at radius 1 is 1.55 bits per heavy atom. The van der Waals surface area contributed by atoms with Crippen molar-refractivity contribution in [2.75, 3.05) is 0 Å². The molecule has 1 N–H and O–H groups in total. The minimum absolute atomic E-state index is 0.00489. The molecule has 0 spiro atoms. The van der Waals surface area contributed by atoms with Gasteiger partial charge in [0, 0.05) is 6.08 Å². The third-order valence-corrected chi connectivity index (χ3v) is 2.28. The number of carboxylic acid groups (broad SMARTS) is 1. The molecule has 2 rings (SSSR count). The van der Waals surface area contributed by atoms with E-state index in [1.165, 1.54) is 23.0 Å². The number of carboxylic acids is 1. The number of aryl methyl sites for hydroxylation is 1. The number of aromatic nitrogens is 4. The lowest BCUT2D eigenvalue weighted by molar-refractivity contribution is -0.131. The fourth-order valence-corrected chi connectivity index (χ4v) is 1.43. The topological polar surface area (TPSA) is 90.1 Å². The highest BCUT2D eigenvalue weighted by Crippen LogP contribution is 2.19. The summed E-state index contributed by atoms with van der Waals surface area (Å²) in [5.74, 6) is -1.33. The Labute approximate surface area is 113 Å². The van der Waals surface area contributed by atoms with Crippen molar-refractivity contribution in [1.29, 1.82) is 0 Å². The van der Waals surface area contributed by atoms with Crippen LogP contribution < -0.4 is 4.74 Å². The predicted octanol–water partition coefficient (Wildman–Crippen LogP) is 1.03. The predicted molar refractivity (Wildman–Crippen MR) is 66.2 cm³/mol. The fourth-order valence-electron chi connectivity index (χ4n) is 1.43. The van der Waals surface area contributed by atoms with Crippen molar-refractivity contribution in [3.8, 4) is 5.75 Å². The summed E-state index contributed by atoms with van der Waals surface area (Å²) in [6.45, 7) is -0.00489. The van der Waals surface area contributed by atoms with Crippen molar-refractivity contribution < 1.29 is 19.0 Å². The van der Waals surface area contributed by atoms with Crippen LogP contribution in [-0.2, 0) is 18.4 Å². The third kappa shape index (κ3) is 3.61. The van der Waals surface area contributed by atoms with Crippen LogP contribution in [0, 0.1) is 5.82 Å². The molecule has 0 aliphatic carbocycles. The first-order valence-electron chi connectivity index (χ1n) is 5.61. The summed E-state index contributed by atoms with van der Waals surface area (Å²) in [6, 6.07) is 4.13. The Kier molecular flexibility index (Phi) is 4.04. The van der Waals surface area contributed by atoms with E-state index in [-0.39, 0.29) is 12.4 Å². The highest BCUT2D eigenvalue weighted by atomic mass is 19.1. The summed E-state index contributed by atoms with van der Waals surface area (Å²) < 4.78 is 18.9. The zero-order valence-corrected chi connectivity index (χ0v) is 10.5. The van der Waals surface area contributed by atoms with Crippen LogP contribution in [0.5, 0.6) is 5.75 Å². The maximum atomic E-state index is 13.7. The summed E-state index contributed by atoms with van der Waals surface area (Å²) in [5.41, 5.74) is 0.426. The second kappa shape index (κ2) is 5.91. The molecular formula is C12H11FN4O3. The molecule has 0 atom stereocenters. The molecule has 1 aromatic carbocycles. The Balaban J connectivity index is 2.04. The van der Waals surface area contributed by atoms with Gasteiger partial charge in [0.25, 0.3) is 0 Å². The second-order valence-electron chi connectivity index (χ2n) is 3.85. The molecule has 0 fully saturated rings. The van der Waals surface area contributed by atoms with Crippen molar-refractivity contribution in [2.45, 2.75) is 6.61 Å². The lowest BCUT2D eigenvalue weighted by atomic mass is 10.2. The first-order valence-corrected chi connectivity index (χ1v) is 5.61. The van der Waals surface area contributed by atoms with Crippen molar-refractivity contribution in [2.24, 2.45) is 7.05 Å². The van der Waals surface area contributed by atoms with Crippen LogP contribution in [-0.4, -0.2) is 31.3 Å². The second-order valence-corrected chi connectivity index (χ2v) is 3.85. The molecule has 0 aliphatic heterocycles. The molecule has 2 aromatic rings. The van der Waals surface area contributed by atoms with E-state index in [2.05, 4.69) is 15.4 Å². The van der Waals surface area contributed by atoms with Gasteiger partial charge in [0.15, 0.2) is 18.2 Å². The molecule has 1 heterocycles. The number of aliphatic carboxylic acids is 1. The van der Waals surface area contributed by atoms with Crippen LogP contribution in [0.15, 0.2) is 24.3 Å². The summed E-state index contributed by atoms with van der Waals surface area (Å²) in [5, 5.41) is 19.7. The first-order chi connectivity index (χ1) is 9.54. The molecular weight excluding hydrogens is 267 g/mol. The van der Waals surface area contributed by atoms with Gasteiger partial charge in [-0.05, 0) is 29.0 Å². The van der Waals surface area contributed by atoms with Crippen molar-refractivity contribution in [3.05, 3.63) is 41.5 Å². The molecule has 0 unspecified atom stereocenters. The molecule has 0 amide bonds. The van der Waals surface area contributed by atoms with E-state index in [1.807, 2.05) is 0 Å². The van der Waals surface area contributed by atoms with Gasteiger partial charge in [-0.2, -0.15) is 4.80 Å². The highest BCUT2D eigenvalue weighted by molar-refractivity contribution is 5.85. The Bertz CT molecular complexity index is 654. The lowest BCUT2D eigenvalue weighted by Gasteiger charge is -2.05. The molecule has 0 radical (unpaired) electrons. The van der Waals surface area contributed by atoms with Gasteiger partial charge < -0.3 is 9.84 Å². The van der Waals surface area contributed by atoms with E-state index in [4.69, 9.17) is 9.84 Å². The van der Waals surface area contributed by atoms with Crippen LogP contribution in [0.25, 0.3) is 6.08 Å². The maximum Gasteiger partial charge on any atom is 0.328 e. The number of rotatable bonds is 5. The lowest BCUT2D eigenvalue weighted by Crippen LogP contribution is -2.00. The van der Waals surface area contributed by atoms with Gasteiger partial charge in [0.2, 0.25) is 5.82 Å². The fraction of sp³-hybridized carbons (Fsp3) is 0.167. The van der Waals surface area contributed by atoms with Gasteiger partial charge in [-0.15, -0.1) is 10.2 Å². The Hall–Kier alpha value is -2.77. The Morgan fingerprint density at radius 3 is 2.95 bits per heavy atom. The number of nitrogens with zero attached hydrogens (tertiary/aromatic N) is 4. The molecule has 0 bridgehead atoms. The molecule has 1 aromatic heterocycles. The van der Waals surface area contributed by atoms with Gasteiger partial charge in [-0.3, -0.25) is 0 Å². The van der Waals surface area contributed by atoms with E-state index >= 15 is 0 Å². The van der Waals surface area contributed by atoms with Crippen LogP contribution in [0.4, 0.5) is 4.39 Å². The smallest absolute Gasteiger partial charge is 0.328 e. The number of tetrazole rings is 1. The average molecular weight is 278 g/mol. The van der Waals surface area contributed by atoms with E-state index in [0.29, 0.717) is 11.4 Å². The van der Waals surface area contributed by atoms with Gasteiger partial charge in [0.1, 0.15) is 0 Å². The zero-order chi connectivity index (χ0) is 14.5. The number of hydrogen-bond acceptors (Lipinski definition) is 5. The summed E-state index contributed by atoms with van der Waals surface area (Å²) in [6.07, 6.45) is 2.22. The van der Waals surface area contributed by atoms with Gasteiger partial charge in [-0.1, -0.05) is 6.07 Å².